The van der Waals surface area contributed by atoms with Crippen molar-refractivity contribution in [2.24, 2.45) is 0 Å². The molecule has 0 aliphatic rings. The number of nitrogens with one attached hydrogen (secondary N) is 1. The lowest BCUT2D eigenvalue weighted by molar-refractivity contribution is -0.139. The third-order valence-electron chi connectivity index (χ3n) is 2.21. The highest BCUT2D eigenvalue weighted by molar-refractivity contribution is 7.98. The van der Waals surface area contributed by atoms with Gasteiger partial charge in [-0.25, -0.2) is 9.59 Å². The highest BCUT2D eigenvalue weighted by Crippen LogP contribution is 2.20. The lowest BCUT2D eigenvalue weighted by atomic mass is 10.2. The summed E-state index contributed by atoms with van der Waals surface area (Å²) in [6.07, 6.45) is -0.452. The molecule has 2 N–H and O–H groups in total. The van der Waals surface area contributed by atoms with E-state index in [2.05, 4.69) is 15.5 Å². The fraction of sp³-hybridized carbons (Fsp3) is 0.667. The number of carbonyl (C=O) groups is 2. The second kappa shape index (κ2) is 8.54. The molecule has 1 rings (SSSR count). The number of alkyl carbamates (subject to hydrolysis) is 1. The Balaban J connectivity index is 2.35. The van der Waals surface area contributed by atoms with Crippen LogP contribution in [0.15, 0.2) is 0 Å². The fourth-order valence-corrected chi connectivity index (χ4v) is 3.29. The van der Waals surface area contributed by atoms with Crippen LogP contribution in [0.25, 0.3) is 0 Å². The molecule has 0 fully saturated rings. The van der Waals surface area contributed by atoms with Crippen molar-refractivity contribution in [2.45, 2.75) is 44.6 Å². The normalized spacial score (nSPS) is 12.7. The highest BCUT2D eigenvalue weighted by atomic mass is 35.5. The Labute approximate surface area is 141 Å². The van der Waals surface area contributed by atoms with E-state index in [1.807, 2.05) is 0 Å². The van der Waals surface area contributed by atoms with Gasteiger partial charge in [0.05, 0.1) is 0 Å². The summed E-state index contributed by atoms with van der Waals surface area (Å²) < 4.78 is 5.43. The second-order valence-corrected chi connectivity index (χ2v) is 8.08. The van der Waals surface area contributed by atoms with Crippen LogP contribution in [-0.2, 0) is 15.3 Å². The van der Waals surface area contributed by atoms with E-state index in [1.165, 1.54) is 23.1 Å². The quantitative estimate of drug-likeness (QED) is 0.714. The van der Waals surface area contributed by atoms with E-state index in [1.54, 1.807) is 20.8 Å². The number of carbonyl (C=O) groups excluding carboxylic acids is 1. The third-order valence-corrected chi connectivity index (χ3v) is 4.41. The van der Waals surface area contributed by atoms with E-state index in [0.29, 0.717) is 16.0 Å². The van der Waals surface area contributed by atoms with Crippen LogP contribution >= 0.6 is 34.7 Å². The number of thioether (sulfide) groups is 1. The molecule has 0 aromatic carbocycles. The average Bonchev–Trinajstić information content (AvgIpc) is 2.76. The molecule has 1 aromatic rings. The SMILES string of the molecule is CC(C)(C)OC(=O)NC(CCSCc1nnc(Cl)s1)C(=O)O. The van der Waals surface area contributed by atoms with Crippen LogP contribution in [0, 0.1) is 0 Å². The Bertz CT molecular complexity index is 519. The first-order valence-electron chi connectivity index (χ1n) is 6.45. The van der Waals surface area contributed by atoms with E-state index in [4.69, 9.17) is 21.4 Å². The zero-order valence-corrected chi connectivity index (χ0v) is 14.8. The highest BCUT2D eigenvalue weighted by Gasteiger charge is 2.23. The Morgan fingerprint density at radius 2 is 2.14 bits per heavy atom. The number of hydrogen-bond donors (Lipinski definition) is 2. The lowest BCUT2D eigenvalue weighted by Crippen LogP contribution is -2.43. The van der Waals surface area contributed by atoms with Gasteiger partial charge < -0.3 is 15.2 Å². The number of nitrogens with zero attached hydrogens (tertiary/aromatic N) is 2. The molecule has 1 atom stereocenters. The number of amides is 1. The Hall–Kier alpha value is -1.06. The van der Waals surface area contributed by atoms with Gasteiger partial charge in [-0.2, -0.15) is 11.8 Å². The van der Waals surface area contributed by atoms with Crippen LogP contribution in [-0.4, -0.2) is 44.8 Å². The maximum absolute atomic E-state index is 11.6. The number of carboxylic acids is 1. The molecular formula is C12H18ClN3O4S2. The number of carboxylic acid groups (broad SMARTS) is 1. The lowest BCUT2D eigenvalue weighted by Gasteiger charge is -2.21. The van der Waals surface area contributed by atoms with Crippen molar-refractivity contribution in [3.05, 3.63) is 9.47 Å². The zero-order chi connectivity index (χ0) is 16.8. The van der Waals surface area contributed by atoms with Crippen molar-refractivity contribution < 1.29 is 19.4 Å². The molecule has 124 valence electrons. The van der Waals surface area contributed by atoms with Gasteiger partial charge in [0.25, 0.3) is 0 Å². The molecule has 1 amide bonds. The maximum Gasteiger partial charge on any atom is 0.408 e. The predicted molar refractivity (Wildman–Crippen MR) is 86.5 cm³/mol. The Morgan fingerprint density at radius 1 is 1.45 bits per heavy atom. The fourth-order valence-electron chi connectivity index (χ4n) is 1.36. The minimum Gasteiger partial charge on any atom is -0.480 e. The van der Waals surface area contributed by atoms with Gasteiger partial charge in [0.2, 0.25) is 4.47 Å². The van der Waals surface area contributed by atoms with Crippen LogP contribution in [0.1, 0.15) is 32.2 Å². The van der Waals surface area contributed by atoms with Gasteiger partial charge in [-0.1, -0.05) is 11.3 Å². The molecule has 0 radical (unpaired) electrons. The van der Waals surface area contributed by atoms with Gasteiger partial charge >= 0.3 is 12.1 Å². The molecular weight excluding hydrogens is 350 g/mol. The van der Waals surface area contributed by atoms with Gasteiger partial charge in [-0.3, -0.25) is 0 Å². The molecule has 22 heavy (non-hydrogen) atoms. The van der Waals surface area contributed by atoms with E-state index in [0.717, 1.165) is 5.01 Å². The standard InChI is InChI=1S/C12H18ClN3O4S2/c1-12(2,3)20-11(19)14-7(9(17)18)4-5-21-6-8-15-16-10(13)22-8/h7H,4-6H2,1-3H3,(H,14,19)(H,17,18). The minimum absolute atomic E-state index is 0.284. The molecule has 1 aromatic heterocycles. The van der Waals surface area contributed by atoms with Crippen LogP contribution < -0.4 is 5.32 Å². The Morgan fingerprint density at radius 3 is 2.64 bits per heavy atom. The topological polar surface area (TPSA) is 101 Å². The molecule has 0 spiro atoms. The molecule has 0 bridgehead atoms. The number of aromatic nitrogens is 2. The van der Waals surface area contributed by atoms with Crippen molar-refractivity contribution in [1.29, 1.82) is 0 Å². The number of ether oxygens (including phenoxy) is 1. The Kier molecular flexibility index (Phi) is 7.37. The summed E-state index contributed by atoms with van der Waals surface area (Å²) in [6, 6.07) is -0.986. The number of halogens is 1. The van der Waals surface area contributed by atoms with Crippen molar-refractivity contribution in [2.75, 3.05) is 5.75 Å². The summed E-state index contributed by atoms with van der Waals surface area (Å²) in [5.74, 6) is 0.0538. The number of hydrogen-bond acceptors (Lipinski definition) is 7. The summed E-state index contributed by atoms with van der Waals surface area (Å²) in [4.78, 5) is 22.7. The van der Waals surface area contributed by atoms with Gasteiger partial charge in [0.15, 0.2) is 0 Å². The van der Waals surface area contributed by atoms with Crippen LogP contribution in [0.3, 0.4) is 0 Å². The number of aliphatic carboxylic acids is 1. The van der Waals surface area contributed by atoms with Gasteiger partial charge in [0, 0.05) is 5.75 Å². The molecule has 1 unspecified atom stereocenters. The van der Waals surface area contributed by atoms with E-state index in [-0.39, 0.29) is 6.42 Å². The minimum atomic E-state index is -1.09. The predicted octanol–water partition coefficient (Wildman–Crippen LogP) is 2.79. The first kappa shape index (κ1) is 19.0. The van der Waals surface area contributed by atoms with Crippen LogP contribution in [0.5, 0.6) is 0 Å². The molecule has 1 heterocycles. The maximum atomic E-state index is 11.6. The molecule has 0 saturated heterocycles. The van der Waals surface area contributed by atoms with E-state index in [9.17, 15) is 9.59 Å². The molecule has 0 saturated carbocycles. The molecule has 10 heteroatoms. The summed E-state index contributed by atoms with van der Waals surface area (Å²) in [6.45, 7) is 5.14. The monoisotopic (exact) mass is 367 g/mol. The molecule has 7 nitrogen and oxygen atoms in total. The van der Waals surface area contributed by atoms with Crippen molar-refractivity contribution in [3.8, 4) is 0 Å². The van der Waals surface area contributed by atoms with Gasteiger partial charge in [-0.15, -0.1) is 10.2 Å². The second-order valence-electron chi connectivity index (χ2n) is 5.33. The van der Waals surface area contributed by atoms with E-state index >= 15 is 0 Å². The largest absolute Gasteiger partial charge is 0.480 e. The van der Waals surface area contributed by atoms with Crippen LogP contribution in [0.2, 0.25) is 4.47 Å². The summed E-state index contributed by atoms with van der Waals surface area (Å²) >= 11 is 8.46. The summed E-state index contributed by atoms with van der Waals surface area (Å²) in [7, 11) is 0. The third kappa shape index (κ3) is 7.81. The first-order valence-corrected chi connectivity index (χ1v) is 8.80. The summed E-state index contributed by atoms with van der Waals surface area (Å²) in [5.41, 5.74) is -0.668. The average molecular weight is 368 g/mol. The smallest absolute Gasteiger partial charge is 0.408 e. The van der Waals surface area contributed by atoms with Crippen LogP contribution in [0.4, 0.5) is 4.79 Å². The zero-order valence-electron chi connectivity index (χ0n) is 12.5. The molecule has 0 aliphatic heterocycles. The van der Waals surface area contributed by atoms with Crippen molar-refractivity contribution >= 4 is 46.8 Å². The van der Waals surface area contributed by atoms with Gasteiger partial charge in [0.1, 0.15) is 16.7 Å². The van der Waals surface area contributed by atoms with Crippen molar-refractivity contribution in [3.63, 3.8) is 0 Å². The van der Waals surface area contributed by atoms with Gasteiger partial charge in [-0.05, 0) is 44.5 Å². The number of rotatable bonds is 7. The molecule has 0 aliphatic carbocycles. The van der Waals surface area contributed by atoms with Crippen molar-refractivity contribution in [1.82, 2.24) is 15.5 Å². The first-order chi connectivity index (χ1) is 10.2. The van der Waals surface area contributed by atoms with E-state index < -0.39 is 23.7 Å². The summed E-state index contributed by atoms with van der Waals surface area (Å²) in [5, 5.41) is 19.8.